The molecule has 0 amide bonds. The first kappa shape index (κ1) is 14.6. The Labute approximate surface area is 138 Å². The van der Waals surface area contributed by atoms with Crippen molar-refractivity contribution >= 4 is 28.2 Å². The minimum atomic E-state index is -0.408. The van der Waals surface area contributed by atoms with E-state index in [2.05, 4.69) is 14.9 Å². The fraction of sp³-hybridized carbons (Fsp3) is 0.294. The summed E-state index contributed by atoms with van der Waals surface area (Å²) >= 11 is 0. The van der Waals surface area contributed by atoms with Crippen LogP contribution in [0.15, 0.2) is 30.5 Å². The highest BCUT2D eigenvalue weighted by molar-refractivity contribution is 5.82. The van der Waals surface area contributed by atoms with Crippen molar-refractivity contribution in [1.82, 2.24) is 14.5 Å². The standard InChI is InChI=1S/C17H17N5O2/c1-10-7-8-18-16(15(10)22(23)24)19-12-5-6-14-13(9-12)20-17(21(14)2)11-3-4-11/h5-9,11H,3-4H2,1-2H3,(H,18,19). The van der Waals surface area contributed by atoms with E-state index in [1.54, 1.807) is 19.2 Å². The third kappa shape index (κ3) is 2.38. The zero-order valence-corrected chi connectivity index (χ0v) is 13.5. The molecular weight excluding hydrogens is 306 g/mol. The Hall–Kier alpha value is -2.96. The summed E-state index contributed by atoms with van der Waals surface area (Å²) in [7, 11) is 2.03. The van der Waals surface area contributed by atoms with E-state index in [4.69, 9.17) is 4.98 Å². The lowest BCUT2D eigenvalue weighted by Gasteiger charge is -2.07. The van der Waals surface area contributed by atoms with E-state index in [9.17, 15) is 10.1 Å². The van der Waals surface area contributed by atoms with Gasteiger partial charge in [-0.25, -0.2) is 9.97 Å². The van der Waals surface area contributed by atoms with Gasteiger partial charge in [-0.15, -0.1) is 0 Å². The van der Waals surface area contributed by atoms with Gasteiger partial charge in [0.15, 0.2) is 0 Å². The van der Waals surface area contributed by atoms with Crippen molar-refractivity contribution < 1.29 is 4.92 Å². The molecule has 1 aromatic carbocycles. The van der Waals surface area contributed by atoms with Gasteiger partial charge in [0.25, 0.3) is 0 Å². The molecule has 1 aliphatic carbocycles. The molecule has 2 heterocycles. The minimum absolute atomic E-state index is 0.00251. The maximum absolute atomic E-state index is 11.3. The van der Waals surface area contributed by atoms with Gasteiger partial charge in [0.1, 0.15) is 5.82 Å². The van der Waals surface area contributed by atoms with Crippen molar-refractivity contribution in [3.05, 3.63) is 52.0 Å². The summed E-state index contributed by atoms with van der Waals surface area (Å²) in [5.74, 6) is 1.93. The minimum Gasteiger partial charge on any atom is -0.334 e. The average Bonchev–Trinajstić information content (AvgIpc) is 3.32. The van der Waals surface area contributed by atoms with Gasteiger partial charge in [-0.2, -0.15) is 0 Å². The van der Waals surface area contributed by atoms with Crippen LogP contribution in [0.2, 0.25) is 0 Å². The monoisotopic (exact) mass is 323 g/mol. The number of benzene rings is 1. The number of pyridine rings is 1. The second kappa shape index (κ2) is 5.30. The number of fused-ring (bicyclic) bond motifs is 1. The molecule has 1 N–H and O–H groups in total. The summed E-state index contributed by atoms with van der Waals surface area (Å²) in [5.41, 5.74) is 3.27. The van der Waals surface area contributed by atoms with Crippen LogP contribution >= 0.6 is 0 Å². The topological polar surface area (TPSA) is 85.9 Å². The predicted molar refractivity (Wildman–Crippen MR) is 91.6 cm³/mol. The third-order valence-corrected chi connectivity index (χ3v) is 4.43. The van der Waals surface area contributed by atoms with Gasteiger partial charge in [0.05, 0.1) is 16.0 Å². The number of nitrogens with zero attached hydrogens (tertiary/aromatic N) is 4. The smallest absolute Gasteiger partial charge is 0.314 e. The van der Waals surface area contributed by atoms with Crippen molar-refractivity contribution in [2.45, 2.75) is 25.7 Å². The molecule has 0 bridgehead atoms. The fourth-order valence-corrected chi connectivity index (χ4v) is 3.01. The van der Waals surface area contributed by atoms with E-state index in [-0.39, 0.29) is 11.5 Å². The Morgan fingerprint density at radius 1 is 1.33 bits per heavy atom. The highest BCUT2D eigenvalue weighted by atomic mass is 16.6. The Balaban J connectivity index is 1.73. The third-order valence-electron chi connectivity index (χ3n) is 4.43. The molecule has 0 aliphatic heterocycles. The van der Waals surface area contributed by atoms with Crippen LogP contribution in [-0.4, -0.2) is 19.5 Å². The van der Waals surface area contributed by atoms with Crippen LogP contribution < -0.4 is 5.32 Å². The summed E-state index contributed by atoms with van der Waals surface area (Å²) in [5, 5.41) is 14.3. The molecule has 7 nitrogen and oxygen atoms in total. The van der Waals surface area contributed by atoms with E-state index in [1.165, 1.54) is 12.8 Å². The fourth-order valence-electron chi connectivity index (χ4n) is 3.01. The number of hydrogen-bond acceptors (Lipinski definition) is 5. The van der Waals surface area contributed by atoms with E-state index < -0.39 is 4.92 Å². The van der Waals surface area contributed by atoms with Crippen LogP contribution in [0.1, 0.15) is 30.1 Å². The van der Waals surface area contributed by atoms with Crippen molar-refractivity contribution in [1.29, 1.82) is 0 Å². The summed E-state index contributed by atoms with van der Waals surface area (Å²) in [6.45, 7) is 1.70. The number of aromatic nitrogens is 3. The maximum atomic E-state index is 11.3. The molecule has 0 radical (unpaired) electrons. The van der Waals surface area contributed by atoms with Crippen LogP contribution in [0, 0.1) is 17.0 Å². The van der Waals surface area contributed by atoms with Crippen LogP contribution in [0.5, 0.6) is 0 Å². The normalized spacial score (nSPS) is 14.1. The molecule has 1 saturated carbocycles. The molecule has 122 valence electrons. The zero-order chi connectivity index (χ0) is 16.8. The first-order valence-electron chi connectivity index (χ1n) is 7.88. The molecule has 1 aliphatic rings. The van der Waals surface area contributed by atoms with E-state index in [0.29, 0.717) is 11.5 Å². The summed E-state index contributed by atoms with van der Waals surface area (Å²) in [6.07, 6.45) is 3.96. The molecule has 0 saturated heterocycles. The Morgan fingerprint density at radius 3 is 2.83 bits per heavy atom. The lowest BCUT2D eigenvalue weighted by molar-refractivity contribution is -0.384. The van der Waals surface area contributed by atoms with Crippen molar-refractivity contribution in [3.63, 3.8) is 0 Å². The SMILES string of the molecule is Cc1ccnc(Nc2ccc3c(c2)nc(C2CC2)n3C)c1[N+](=O)[O-]. The van der Waals surface area contributed by atoms with E-state index >= 15 is 0 Å². The molecule has 0 atom stereocenters. The van der Waals surface area contributed by atoms with Gasteiger partial charge in [-0.3, -0.25) is 10.1 Å². The van der Waals surface area contributed by atoms with E-state index in [1.807, 2.05) is 25.2 Å². The first-order valence-corrected chi connectivity index (χ1v) is 7.88. The van der Waals surface area contributed by atoms with Gasteiger partial charge in [0.2, 0.25) is 5.82 Å². The summed E-state index contributed by atoms with van der Waals surface area (Å²) in [6, 6.07) is 7.43. The molecule has 3 aromatic rings. The number of aryl methyl sites for hydroxylation is 2. The van der Waals surface area contributed by atoms with Gasteiger partial charge >= 0.3 is 5.69 Å². The average molecular weight is 323 g/mol. The zero-order valence-electron chi connectivity index (χ0n) is 13.5. The van der Waals surface area contributed by atoms with Crippen molar-refractivity contribution in [3.8, 4) is 0 Å². The maximum Gasteiger partial charge on any atom is 0.314 e. The highest BCUT2D eigenvalue weighted by Gasteiger charge is 2.28. The Bertz CT molecular complexity index is 959. The summed E-state index contributed by atoms with van der Waals surface area (Å²) < 4.78 is 2.13. The second-order valence-corrected chi connectivity index (χ2v) is 6.21. The van der Waals surface area contributed by atoms with Crippen LogP contribution in [-0.2, 0) is 7.05 Å². The van der Waals surface area contributed by atoms with Gasteiger partial charge in [0, 0.05) is 30.4 Å². The molecule has 0 spiro atoms. The number of nitrogens with one attached hydrogen (secondary N) is 1. The Kier molecular flexibility index (Phi) is 3.23. The molecule has 7 heteroatoms. The molecule has 2 aromatic heterocycles. The predicted octanol–water partition coefficient (Wildman–Crippen LogP) is 3.81. The number of rotatable bonds is 4. The number of imidazole rings is 1. The van der Waals surface area contributed by atoms with Crippen molar-refractivity contribution in [2.24, 2.45) is 7.05 Å². The van der Waals surface area contributed by atoms with Crippen LogP contribution in [0.3, 0.4) is 0 Å². The lowest BCUT2D eigenvalue weighted by Crippen LogP contribution is -2.01. The number of anilines is 2. The number of hydrogen-bond donors (Lipinski definition) is 1. The molecule has 24 heavy (non-hydrogen) atoms. The number of nitro groups is 1. The Morgan fingerprint density at radius 2 is 2.12 bits per heavy atom. The molecule has 1 fully saturated rings. The molecule has 0 unspecified atom stereocenters. The first-order chi connectivity index (χ1) is 11.5. The van der Waals surface area contributed by atoms with Gasteiger partial charge in [-0.05, 0) is 44.0 Å². The quantitative estimate of drug-likeness (QED) is 0.583. The second-order valence-electron chi connectivity index (χ2n) is 6.21. The molecule has 4 rings (SSSR count). The largest absolute Gasteiger partial charge is 0.334 e. The van der Waals surface area contributed by atoms with Gasteiger partial charge < -0.3 is 9.88 Å². The van der Waals surface area contributed by atoms with E-state index in [0.717, 1.165) is 22.5 Å². The lowest BCUT2D eigenvalue weighted by atomic mass is 10.2. The van der Waals surface area contributed by atoms with Crippen molar-refractivity contribution in [2.75, 3.05) is 5.32 Å². The summed E-state index contributed by atoms with van der Waals surface area (Å²) in [4.78, 5) is 19.7. The van der Waals surface area contributed by atoms with Crippen LogP contribution in [0.4, 0.5) is 17.2 Å². The molecular formula is C17H17N5O2. The highest BCUT2D eigenvalue weighted by Crippen LogP contribution is 2.40. The van der Waals surface area contributed by atoms with Gasteiger partial charge in [-0.1, -0.05) is 0 Å². The van der Waals surface area contributed by atoms with Crippen LogP contribution in [0.25, 0.3) is 11.0 Å².